The fourth-order valence-corrected chi connectivity index (χ4v) is 1.23. The summed E-state index contributed by atoms with van der Waals surface area (Å²) in [6, 6.07) is 0. The van der Waals surface area contributed by atoms with Crippen LogP contribution in [0.25, 0.3) is 0 Å². The quantitative estimate of drug-likeness (QED) is 0.687. The Kier molecular flexibility index (Phi) is 3.32. The first kappa shape index (κ1) is 9.30. The molecule has 0 bridgehead atoms. The Bertz CT molecular complexity index is 229. The van der Waals surface area contributed by atoms with Crippen LogP contribution in [0.5, 0.6) is 0 Å². The molecule has 1 aromatic heterocycles. The number of oxazole rings is 1. The van der Waals surface area contributed by atoms with Crippen LogP contribution in [0.2, 0.25) is 0 Å². The Morgan fingerprint density at radius 1 is 1.58 bits per heavy atom. The van der Waals surface area contributed by atoms with E-state index in [1.807, 2.05) is 6.92 Å². The van der Waals surface area contributed by atoms with Crippen LogP contribution in [0.1, 0.15) is 50.7 Å². The number of aromatic nitrogens is 1. The molecule has 0 aliphatic carbocycles. The summed E-state index contributed by atoms with van der Waals surface area (Å²) in [7, 11) is 0. The van der Waals surface area contributed by atoms with Gasteiger partial charge >= 0.3 is 0 Å². The van der Waals surface area contributed by atoms with E-state index in [2.05, 4.69) is 18.8 Å². The molecule has 2 nitrogen and oxygen atoms in total. The van der Waals surface area contributed by atoms with Crippen molar-refractivity contribution in [3.63, 3.8) is 0 Å². The Morgan fingerprint density at radius 2 is 2.33 bits per heavy atom. The molecule has 68 valence electrons. The van der Waals surface area contributed by atoms with E-state index in [9.17, 15) is 0 Å². The van der Waals surface area contributed by atoms with Gasteiger partial charge in [0.2, 0.25) is 0 Å². The lowest BCUT2D eigenvalue weighted by Crippen LogP contribution is -1.92. The Morgan fingerprint density at radius 3 is 2.83 bits per heavy atom. The summed E-state index contributed by atoms with van der Waals surface area (Å²) in [6.45, 7) is 6.30. The highest BCUT2D eigenvalue weighted by Crippen LogP contribution is 2.20. The van der Waals surface area contributed by atoms with Crippen LogP contribution in [0.3, 0.4) is 0 Å². The summed E-state index contributed by atoms with van der Waals surface area (Å²) >= 11 is 0. The van der Waals surface area contributed by atoms with E-state index in [1.165, 1.54) is 19.3 Å². The van der Waals surface area contributed by atoms with E-state index in [0.29, 0.717) is 5.92 Å². The third-order valence-electron chi connectivity index (χ3n) is 2.05. The molecule has 0 saturated carbocycles. The van der Waals surface area contributed by atoms with Gasteiger partial charge in [0.1, 0.15) is 5.76 Å². The monoisotopic (exact) mass is 167 g/mol. The molecule has 0 aromatic carbocycles. The lowest BCUT2D eigenvalue weighted by Gasteiger charge is -2.04. The summed E-state index contributed by atoms with van der Waals surface area (Å²) in [4.78, 5) is 4.20. The number of rotatable bonds is 4. The van der Waals surface area contributed by atoms with Crippen molar-refractivity contribution in [3.8, 4) is 0 Å². The van der Waals surface area contributed by atoms with Crippen molar-refractivity contribution >= 4 is 0 Å². The van der Waals surface area contributed by atoms with Crippen LogP contribution >= 0.6 is 0 Å². The largest absolute Gasteiger partial charge is 0.446 e. The number of hydrogen-bond donors (Lipinski definition) is 0. The van der Waals surface area contributed by atoms with Crippen molar-refractivity contribution in [2.45, 2.75) is 46.0 Å². The lowest BCUT2D eigenvalue weighted by atomic mass is 10.1. The standard InChI is InChI=1S/C10H17NO/c1-4-5-6-8(2)10-11-7-9(3)12-10/h7-8H,4-6H2,1-3H3. The molecule has 0 spiro atoms. The van der Waals surface area contributed by atoms with Crippen molar-refractivity contribution in [2.24, 2.45) is 0 Å². The molecule has 0 aliphatic rings. The third-order valence-corrected chi connectivity index (χ3v) is 2.05. The molecule has 0 fully saturated rings. The van der Waals surface area contributed by atoms with Crippen LogP contribution in [-0.2, 0) is 0 Å². The summed E-state index contributed by atoms with van der Waals surface area (Å²) in [5.74, 6) is 2.27. The molecule has 0 aliphatic heterocycles. The van der Waals surface area contributed by atoms with Crippen molar-refractivity contribution in [2.75, 3.05) is 0 Å². The first-order valence-electron chi connectivity index (χ1n) is 4.66. The molecule has 0 N–H and O–H groups in total. The molecule has 12 heavy (non-hydrogen) atoms. The van der Waals surface area contributed by atoms with Gasteiger partial charge in [-0.15, -0.1) is 0 Å². The Balaban J connectivity index is 2.47. The van der Waals surface area contributed by atoms with Crippen LogP contribution in [0.4, 0.5) is 0 Å². The van der Waals surface area contributed by atoms with E-state index in [1.54, 1.807) is 6.20 Å². The maximum absolute atomic E-state index is 5.43. The summed E-state index contributed by atoms with van der Waals surface area (Å²) in [5.41, 5.74) is 0. The molecule has 2 heteroatoms. The van der Waals surface area contributed by atoms with E-state index in [-0.39, 0.29) is 0 Å². The van der Waals surface area contributed by atoms with Crippen molar-refractivity contribution in [1.29, 1.82) is 0 Å². The van der Waals surface area contributed by atoms with Gasteiger partial charge in [0.25, 0.3) is 0 Å². The van der Waals surface area contributed by atoms with E-state index in [0.717, 1.165) is 11.7 Å². The van der Waals surface area contributed by atoms with Gasteiger partial charge in [-0.25, -0.2) is 4.98 Å². The van der Waals surface area contributed by atoms with E-state index in [4.69, 9.17) is 4.42 Å². The Labute approximate surface area is 74.0 Å². The number of aryl methyl sites for hydroxylation is 1. The number of nitrogens with zero attached hydrogens (tertiary/aromatic N) is 1. The fraction of sp³-hybridized carbons (Fsp3) is 0.700. The second kappa shape index (κ2) is 4.29. The van der Waals surface area contributed by atoms with Gasteiger partial charge in [0.05, 0.1) is 6.20 Å². The highest BCUT2D eigenvalue weighted by Gasteiger charge is 2.09. The average Bonchev–Trinajstić information content (AvgIpc) is 2.47. The van der Waals surface area contributed by atoms with Gasteiger partial charge in [0, 0.05) is 5.92 Å². The minimum Gasteiger partial charge on any atom is -0.446 e. The van der Waals surface area contributed by atoms with Crippen molar-refractivity contribution in [3.05, 3.63) is 17.8 Å². The van der Waals surface area contributed by atoms with Crippen LogP contribution in [0.15, 0.2) is 10.6 Å². The molecule has 0 radical (unpaired) electrons. The second-order valence-corrected chi connectivity index (χ2v) is 3.35. The van der Waals surface area contributed by atoms with Gasteiger partial charge in [-0.2, -0.15) is 0 Å². The first-order valence-corrected chi connectivity index (χ1v) is 4.66. The van der Waals surface area contributed by atoms with Crippen molar-refractivity contribution in [1.82, 2.24) is 4.98 Å². The molecule has 1 unspecified atom stereocenters. The minimum atomic E-state index is 0.471. The van der Waals surface area contributed by atoms with Gasteiger partial charge < -0.3 is 4.42 Å². The zero-order valence-electron chi connectivity index (χ0n) is 8.13. The van der Waals surface area contributed by atoms with E-state index < -0.39 is 0 Å². The fourth-order valence-electron chi connectivity index (χ4n) is 1.23. The lowest BCUT2D eigenvalue weighted by molar-refractivity contribution is 0.423. The molecule has 0 saturated heterocycles. The highest BCUT2D eigenvalue weighted by atomic mass is 16.4. The zero-order chi connectivity index (χ0) is 8.97. The SMILES string of the molecule is CCCCC(C)c1ncc(C)o1. The zero-order valence-corrected chi connectivity index (χ0v) is 8.13. The topological polar surface area (TPSA) is 26.0 Å². The average molecular weight is 167 g/mol. The molecule has 1 heterocycles. The molecule has 0 amide bonds. The first-order chi connectivity index (χ1) is 5.74. The third kappa shape index (κ3) is 2.36. The molecule has 1 atom stereocenters. The molecular formula is C10H17NO. The van der Waals surface area contributed by atoms with Gasteiger partial charge in [-0.3, -0.25) is 0 Å². The van der Waals surface area contributed by atoms with Crippen molar-refractivity contribution < 1.29 is 4.42 Å². The number of hydrogen-bond acceptors (Lipinski definition) is 2. The summed E-state index contributed by atoms with van der Waals surface area (Å²) in [6.07, 6.45) is 5.46. The minimum absolute atomic E-state index is 0.471. The maximum Gasteiger partial charge on any atom is 0.197 e. The summed E-state index contributed by atoms with van der Waals surface area (Å²) in [5, 5.41) is 0. The van der Waals surface area contributed by atoms with Crippen LogP contribution < -0.4 is 0 Å². The Hall–Kier alpha value is -0.790. The van der Waals surface area contributed by atoms with Gasteiger partial charge in [-0.1, -0.05) is 26.7 Å². The van der Waals surface area contributed by atoms with Crippen LogP contribution in [-0.4, -0.2) is 4.98 Å². The maximum atomic E-state index is 5.43. The smallest absolute Gasteiger partial charge is 0.197 e. The predicted octanol–water partition coefficient (Wildman–Crippen LogP) is 3.28. The van der Waals surface area contributed by atoms with E-state index >= 15 is 0 Å². The van der Waals surface area contributed by atoms with Crippen LogP contribution in [0, 0.1) is 6.92 Å². The molecule has 1 aromatic rings. The normalized spacial score (nSPS) is 13.2. The van der Waals surface area contributed by atoms with Gasteiger partial charge in [-0.05, 0) is 13.3 Å². The molecule has 1 rings (SSSR count). The second-order valence-electron chi connectivity index (χ2n) is 3.35. The number of unbranched alkanes of at least 4 members (excludes halogenated alkanes) is 1. The highest BCUT2D eigenvalue weighted by molar-refractivity contribution is 4.95. The summed E-state index contributed by atoms with van der Waals surface area (Å²) < 4.78 is 5.43. The molecular weight excluding hydrogens is 150 g/mol. The van der Waals surface area contributed by atoms with Gasteiger partial charge in [0.15, 0.2) is 5.89 Å². The predicted molar refractivity (Wildman–Crippen MR) is 49.2 cm³/mol.